The summed E-state index contributed by atoms with van der Waals surface area (Å²) in [4.78, 5) is 16.2. The third-order valence-electron chi connectivity index (χ3n) is 4.21. The molecule has 0 bridgehead atoms. The highest BCUT2D eigenvalue weighted by atomic mass is 35.5. The summed E-state index contributed by atoms with van der Waals surface area (Å²) in [6.45, 7) is 1.92. The molecule has 114 valence electrons. The third-order valence-corrected chi connectivity index (χ3v) is 5.59. The summed E-state index contributed by atoms with van der Waals surface area (Å²) in [5.74, 6) is 0.0146. The van der Waals surface area contributed by atoms with Gasteiger partial charge >= 0.3 is 0 Å². The van der Waals surface area contributed by atoms with Crippen LogP contribution in [0.5, 0.6) is 0 Å². The molecule has 4 nitrogen and oxygen atoms in total. The molecule has 1 aromatic heterocycles. The molecule has 3 heterocycles. The number of carbonyl (C=O) groups excluding carboxylic acids is 1. The lowest BCUT2D eigenvalue weighted by atomic mass is 10.0. The second-order valence-electron chi connectivity index (χ2n) is 5.80. The molecule has 2 aliphatic rings. The maximum Gasteiger partial charge on any atom is 0.256 e. The van der Waals surface area contributed by atoms with Crippen molar-refractivity contribution in [1.29, 1.82) is 0 Å². The highest BCUT2D eigenvalue weighted by molar-refractivity contribution is 7.16. The highest BCUT2D eigenvalue weighted by Crippen LogP contribution is 2.40. The number of anilines is 1. The van der Waals surface area contributed by atoms with Crippen LogP contribution in [0.1, 0.15) is 32.5 Å². The number of nitrogens with zero attached hydrogens (tertiary/aromatic N) is 1. The minimum Gasteiger partial charge on any atom is -0.353 e. The summed E-state index contributed by atoms with van der Waals surface area (Å²) in [5.41, 5.74) is 3.02. The molecule has 6 heteroatoms. The van der Waals surface area contributed by atoms with Crippen LogP contribution < -0.4 is 10.6 Å². The predicted molar refractivity (Wildman–Crippen MR) is 89.6 cm³/mol. The van der Waals surface area contributed by atoms with Crippen LogP contribution >= 0.6 is 22.9 Å². The van der Waals surface area contributed by atoms with E-state index in [1.807, 2.05) is 24.3 Å². The molecule has 22 heavy (non-hydrogen) atoms. The van der Waals surface area contributed by atoms with E-state index >= 15 is 0 Å². The molecule has 0 saturated heterocycles. The summed E-state index contributed by atoms with van der Waals surface area (Å²) in [6.07, 6.45) is 0.714. The van der Waals surface area contributed by atoms with E-state index in [2.05, 4.69) is 22.6 Å². The van der Waals surface area contributed by atoms with E-state index in [1.54, 1.807) is 11.3 Å². The van der Waals surface area contributed by atoms with Gasteiger partial charge in [-0.3, -0.25) is 4.79 Å². The predicted octanol–water partition coefficient (Wildman–Crippen LogP) is 3.24. The SMILES string of the molecule is CN1CCc2c(sc3c2C(=O)N[C@H](c2cccc(Cl)c2)N3)C1. The Hall–Kier alpha value is -1.56. The van der Waals surface area contributed by atoms with Crippen molar-refractivity contribution in [3.63, 3.8) is 0 Å². The van der Waals surface area contributed by atoms with Gasteiger partial charge in [0, 0.05) is 23.0 Å². The standard InChI is InChI=1S/C16H16ClN3OS/c1-20-6-5-11-12(8-20)22-16-13(11)15(21)18-14(19-16)9-3-2-4-10(17)7-9/h2-4,7,14,19H,5-6,8H2,1H3,(H,18,21)/t14-/m0/s1. The van der Waals surface area contributed by atoms with E-state index in [0.29, 0.717) is 5.02 Å². The smallest absolute Gasteiger partial charge is 0.256 e. The summed E-state index contributed by atoms with van der Waals surface area (Å²) in [6, 6.07) is 7.58. The first kappa shape index (κ1) is 14.1. The Morgan fingerprint density at radius 3 is 3.05 bits per heavy atom. The number of hydrogen-bond acceptors (Lipinski definition) is 4. The number of rotatable bonds is 1. The zero-order chi connectivity index (χ0) is 15.3. The lowest BCUT2D eigenvalue weighted by Gasteiger charge is -2.27. The quantitative estimate of drug-likeness (QED) is 0.842. The fourth-order valence-electron chi connectivity index (χ4n) is 3.10. The maximum absolute atomic E-state index is 12.6. The van der Waals surface area contributed by atoms with Crippen LogP contribution in [0.4, 0.5) is 5.00 Å². The lowest BCUT2D eigenvalue weighted by molar-refractivity contribution is 0.0935. The van der Waals surface area contributed by atoms with Crippen LogP contribution in [0.3, 0.4) is 0 Å². The van der Waals surface area contributed by atoms with E-state index in [4.69, 9.17) is 11.6 Å². The van der Waals surface area contributed by atoms with E-state index in [-0.39, 0.29) is 12.1 Å². The van der Waals surface area contributed by atoms with Crippen molar-refractivity contribution in [3.05, 3.63) is 50.9 Å². The molecule has 0 fully saturated rings. The molecule has 1 aromatic carbocycles. The molecule has 1 atom stereocenters. The number of amides is 1. The molecule has 1 amide bonds. The summed E-state index contributed by atoms with van der Waals surface area (Å²) < 4.78 is 0. The normalized spacial score (nSPS) is 20.8. The molecule has 4 rings (SSSR count). The van der Waals surface area contributed by atoms with E-state index in [9.17, 15) is 4.79 Å². The monoisotopic (exact) mass is 333 g/mol. The Morgan fingerprint density at radius 2 is 2.23 bits per heavy atom. The molecular formula is C16H16ClN3OS. The molecule has 0 spiro atoms. The van der Waals surface area contributed by atoms with Crippen molar-refractivity contribution in [2.24, 2.45) is 0 Å². The molecule has 0 saturated carbocycles. The average Bonchev–Trinajstić information content (AvgIpc) is 2.84. The number of carbonyl (C=O) groups is 1. The minimum absolute atomic E-state index is 0.0146. The Bertz CT molecular complexity index is 758. The molecule has 0 unspecified atom stereocenters. The fourth-order valence-corrected chi connectivity index (χ4v) is 4.65. The van der Waals surface area contributed by atoms with Gasteiger partial charge in [-0.05, 0) is 36.7 Å². The van der Waals surface area contributed by atoms with Crippen LogP contribution in [0, 0.1) is 0 Å². The number of hydrogen-bond donors (Lipinski definition) is 2. The van der Waals surface area contributed by atoms with Gasteiger partial charge in [-0.1, -0.05) is 23.7 Å². The number of halogens is 1. The number of thiophene rings is 1. The van der Waals surface area contributed by atoms with Crippen LogP contribution in [0.15, 0.2) is 24.3 Å². The Kier molecular flexibility index (Phi) is 3.36. The maximum atomic E-state index is 12.6. The number of fused-ring (bicyclic) bond motifs is 3. The number of benzene rings is 1. The van der Waals surface area contributed by atoms with E-state index in [0.717, 1.165) is 35.6 Å². The van der Waals surface area contributed by atoms with Gasteiger partial charge in [-0.2, -0.15) is 0 Å². The summed E-state index contributed by atoms with van der Waals surface area (Å²) in [5, 5.41) is 8.15. The van der Waals surface area contributed by atoms with Crippen molar-refractivity contribution in [1.82, 2.24) is 10.2 Å². The Labute approximate surface area is 138 Å². The fraction of sp³-hybridized carbons (Fsp3) is 0.312. The van der Waals surface area contributed by atoms with Gasteiger partial charge in [0.15, 0.2) is 0 Å². The first-order chi connectivity index (χ1) is 10.6. The van der Waals surface area contributed by atoms with Gasteiger partial charge in [0.2, 0.25) is 0 Å². The minimum atomic E-state index is -0.225. The highest BCUT2D eigenvalue weighted by Gasteiger charge is 2.32. The van der Waals surface area contributed by atoms with Gasteiger partial charge in [0.1, 0.15) is 11.2 Å². The summed E-state index contributed by atoms with van der Waals surface area (Å²) in [7, 11) is 2.12. The first-order valence-corrected chi connectivity index (χ1v) is 8.47. The van der Waals surface area contributed by atoms with Crippen LogP contribution in [0.2, 0.25) is 5.02 Å². The van der Waals surface area contributed by atoms with Gasteiger partial charge in [-0.15, -0.1) is 11.3 Å². The molecule has 0 aliphatic carbocycles. The second-order valence-corrected chi connectivity index (χ2v) is 7.34. The Balaban J connectivity index is 1.71. The topological polar surface area (TPSA) is 44.4 Å². The van der Waals surface area contributed by atoms with Crippen molar-refractivity contribution in [2.45, 2.75) is 19.1 Å². The largest absolute Gasteiger partial charge is 0.353 e. The zero-order valence-corrected chi connectivity index (χ0v) is 13.7. The van der Waals surface area contributed by atoms with Crippen LogP contribution in [-0.4, -0.2) is 24.4 Å². The number of nitrogens with one attached hydrogen (secondary N) is 2. The third kappa shape index (κ3) is 2.29. The van der Waals surface area contributed by atoms with E-state index in [1.165, 1.54) is 10.4 Å². The molecule has 0 radical (unpaired) electrons. The van der Waals surface area contributed by atoms with Crippen molar-refractivity contribution >= 4 is 33.8 Å². The van der Waals surface area contributed by atoms with Gasteiger partial charge < -0.3 is 15.5 Å². The van der Waals surface area contributed by atoms with Gasteiger partial charge in [0.05, 0.1) is 5.56 Å². The van der Waals surface area contributed by atoms with Gasteiger partial charge in [-0.25, -0.2) is 0 Å². The number of likely N-dealkylation sites (N-methyl/N-ethyl adjacent to an activating group) is 1. The van der Waals surface area contributed by atoms with Gasteiger partial charge in [0.25, 0.3) is 5.91 Å². The van der Waals surface area contributed by atoms with E-state index < -0.39 is 0 Å². The molecule has 2 aromatic rings. The Morgan fingerprint density at radius 1 is 1.36 bits per heavy atom. The van der Waals surface area contributed by atoms with Crippen LogP contribution in [0.25, 0.3) is 0 Å². The molecule has 2 N–H and O–H groups in total. The van der Waals surface area contributed by atoms with Crippen LogP contribution in [-0.2, 0) is 13.0 Å². The average molecular weight is 334 g/mol. The molecule has 2 aliphatic heterocycles. The molecular weight excluding hydrogens is 318 g/mol. The van der Waals surface area contributed by atoms with Crippen molar-refractivity contribution in [2.75, 3.05) is 18.9 Å². The van der Waals surface area contributed by atoms with Crippen molar-refractivity contribution in [3.8, 4) is 0 Å². The second kappa shape index (κ2) is 5.26. The summed E-state index contributed by atoms with van der Waals surface area (Å²) >= 11 is 7.76. The van der Waals surface area contributed by atoms with Crippen molar-refractivity contribution < 1.29 is 4.79 Å². The zero-order valence-electron chi connectivity index (χ0n) is 12.1. The first-order valence-electron chi connectivity index (χ1n) is 7.28. The lowest BCUT2D eigenvalue weighted by Crippen LogP contribution is -2.38.